The highest BCUT2D eigenvalue weighted by Gasteiger charge is 2.34. The molecule has 0 aliphatic carbocycles. The first-order chi connectivity index (χ1) is 9.75. The molecular weight excluding hydrogens is 295 g/mol. The van der Waals surface area contributed by atoms with Crippen LogP contribution in [-0.2, 0) is 6.18 Å². The number of carbonyl (C=O) groups excluding carboxylic acids is 1. The van der Waals surface area contributed by atoms with Crippen LogP contribution in [0.25, 0.3) is 0 Å². The van der Waals surface area contributed by atoms with E-state index in [2.05, 4.69) is 5.32 Å². The lowest BCUT2D eigenvalue weighted by Gasteiger charge is -2.15. The molecule has 0 aliphatic heterocycles. The van der Waals surface area contributed by atoms with Gasteiger partial charge in [-0.2, -0.15) is 13.2 Å². The summed E-state index contributed by atoms with van der Waals surface area (Å²) >= 11 is 0. The third kappa shape index (κ3) is 5.20. The van der Waals surface area contributed by atoms with Crippen molar-refractivity contribution in [2.45, 2.75) is 25.9 Å². The number of anilines is 1. The molecule has 0 bridgehead atoms. The normalized spacial score (nSPS) is 11.6. The lowest BCUT2D eigenvalue weighted by atomic mass is 10.1. The number of halogens is 5. The fourth-order valence-corrected chi connectivity index (χ4v) is 1.61. The molecule has 1 amide bonds. The van der Waals surface area contributed by atoms with E-state index in [1.54, 1.807) is 6.92 Å². The molecule has 0 saturated carbocycles. The minimum atomic E-state index is -4.64. The van der Waals surface area contributed by atoms with Crippen LogP contribution >= 0.6 is 0 Å². The van der Waals surface area contributed by atoms with E-state index in [9.17, 15) is 26.7 Å². The summed E-state index contributed by atoms with van der Waals surface area (Å²) in [5, 5.41) is 4.48. The van der Waals surface area contributed by atoms with E-state index in [0.29, 0.717) is 19.0 Å². The molecule has 3 nitrogen and oxygen atoms in total. The Hall–Kier alpha value is -1.86. The minimum Gasteiger partial charge on any atom is -0.385 e. The molecule has 0 spiro atoms. The predicted octanol–water partition coefficient (Wildman–Crippen LogP) is 3.52. The maximum absolute atomic E-state index is 12.9. The molecule has 8 heteroatoms. The lowest BCUT2D eigenvalue weighted by Crippen LogP contribution is -2.28. The van der Waals surface area contributed by atoms with Gasteiger partial charge in [0.2, 0.25) is 0 Å². The first kappa shape index (κ1) is 17.2. The summed E-state index contributed by atoms with van der Waals surface area (Å²) in [6.07, 6.45) is -6.77. The van der Waals surface area contributed by atoms with Crippen molar-refractivity contribution in [3.63, 3.8) is 0 Å². The molecule has 2 N–H and O–H groups in total. The molecule has 118 valence electrons. The van der Waals surface area contributed by atoms with Crippen molar-refractivity contribution < 1.29 is 26.7 Å². The first-order valence-corrected chi connectivity index (χ1v) is 6.27. The molecule has 0 radical (unpaired) electrons. The van der Waals surface area contributed by atoms with Crippen LogP contribution in [0, 0.1) is 0 Å². The second kappa shape index (κ2) is 7.24. The lowest BCUT2D eigenvalue weighted by molar-refractivity contribution is -0.137. The average Bonchev–Trinajstić information content (AvgIpc) is 2.41. The van der Waals surface area contributed by atoms with Crippen molar-refractivity contribution in [1.82, 2.24) is 5.32 Å². The Morgan fingerprint density at radius 3 is 2.48 bits per heavy atom. The number of rotatable bonds is 6. The zero-order chi connectivity index (χ0) is 16.0. The summed E-state index contributed by atoms with van der Waals surface area (Å²) in [6, 6.07) is 2.93. The van der Waals surface area contributed by atoms with Gasteiger partial charge in [-0.25, -0.2) is 8.78 Å². The van der Waals surface area contributed by atoms with Crippen LogP contribution in [0.1, 0.15) is 29.3 Å². The van der Waals surface area contributed by atoms with Gasteiger partial charge in [-0.1, -0.05) is 6.92 Å². The van der Waals surface area contributed by atoms with Crippen molar-refractivity contribution >= 4 is 11.6 Å². The van der Waals surface area contributed by atoms with E-state index in [0.717, 1.165) is 12.1 Å². The summed E-state index contributed by atoms with van der Waals surface area (Å²) in [6.45, 7) is 1.24. The van der Waals surface area contributed by atoms with Crippen molar-refractivity contribution in [2.75, 3.05) is 18.4 Å². The smallest absolute Gasteiger partial charge is 0.385 e. The van der Waals surface area contributed by atoms with Crippen LogP contribution in [0.4, 0.5) is 27.6 Å². The number of hydrogen-bond acceptors (Lipinski definition) is 2. The topological polar surface area (TPSA) is 41.1 Å². The average molecular weight is 310 g/mol. The Balaban J connectivity index is 3.01. The maximum atomic E-state index is 12.9. The standard InChI is InChI=1S/C13H15F5N2O/c1-2-5-19-10-4-3-8(6-9(10)13(16,17)18)12(21)20-7-11(14)15/h3-4,6,11,19H,2,5,7H2,1H3,(H,20,21). The summed E-state index contributed by atoms with van der Waals surface area (Å²) in [5.41, 5.74) is -1.46. The highest BCUT2D eigenvalue weighted by molar-refractivity contribution is 5.95. The van der Waals surface area contributed by atoms with Crippen LogP contribution in [0.2, 0.25) is 0 Å². The molecule has 0 aromatic heterocycles. The Bertz CT molecular complexity index is 488. The zero-order valence-corrected chi connectivity index (χ0v) is 11.2. The van der Waals surface area contributed by atoms with Gasteiger partial charge in [0.15, 0.2) is 0 Å². The van der Waals surface area contributed by atoms with E-state index in [1.165, 1.54) is 0 Å². The number of benzene rings is 1. The number of amides is 1. The zero-order valence-electron chi connectivity index (χ0n) is 11.2. The van der Waals surface area contributed by atoms with Crippen molar-refractivity contribution in [3.8, 4) is 0 Å². The third-order valence-corrected chi connectivity index (χ3v) is 2.57. The third-order valence-electron chi connectivity index (χ3n) is 2.57. The van der Waals surface area contributed by atoms with Gasteiger partial charge < -0.3 is 10.6 Å². The molecule has 0 saturated heterocycles. The van der Waals surface area contributed by atoms with Gasteiger partial charge >= 0.3 is 6.18 Å². The fraction of sp³-hybridized carbons (Fsp3) is 0.462. The molecule has 0 heterocycles. The van der Waals surface area contributed by atoms with E-state index in [-0.39, 0.29) is 11.3 Å². The highest BCUT2D eigenvalue weighted by Crippen LogP contribution is 2.35. The Morgan fingerprint density at radius 1 is 1.29 bits per heavy atom. The van der Waals surface area contributed by atoms with E-state index >= 15 is 0 Å². The Morgan fingerprint density at radius 2 is 1.95 bits per heavy atom. The van der Waals surface area contributed by atoms with Crippen molar-refractivity contribution in [2.24, 2.45) is 0 Å². The summed E-state index contributed by atoms with van der Waals surface area (Å²) in [5.74, 6) is -0.970. The van der Waals surface area contributed by atoms with E-state index in [1.807, 2.05) is 5.32 Å². The second-order valence-electron chi connectivity index (χ2n) is 4.29. The number of hydrogen-bond donors (Lipinski definition) is 2. The van der Waals surface area contributed by atoms with Crippen LogP contribution in [-0.4, -0.2) is 25.4 Å². The maximum Gasteiger partial charge on any atom is 0.418 e. The highest BCUT2D eigenvalue weighted by atomic mass is 19.4. The summed E-state index contributed by atoms with van der Waals surface area (Å²) in [4.78, 5) is 11.5. The van der Waals surface area contributed by atoms with Gasteiger partial charge in [0.05, 0.1) is 12.1 Å². The molecule has 1 aromatic rings. The van der Waals surface area contributed by atoms with Crippen LogP contribution in [0.5, 0.6) is 0 Å². The van der Waals surface area contributed by atoms with Gasteiger partial charge in [0.1, 0.15) is 0 Å². The fourth-order valence-electron chi connectivity index (χ4n) is 1.61. The summed E-state index contributed by atoms with van der Waals surface area (Å²) in [7, 11) is 0. The Labute approximate surface area is 118 Å². The number of carbonyl (C=O) groups is 1. The van der Waals surface area contributed by atoms with Crippen LogP contribution in [0.3, 0.4) is 0 Å². The van der Waals surface area contributed by atoms with E-state index < -0.39 is 30.6 Å². The molecule has 1 rings (SSSR count). The number of alkyl halides is 5. The minimum absolute atomic E-state index is 0.144. The van der Waals surface area contributed by atoms with Gasteiger partial charge in [0.25, 0.3) is 12.3 Å². The summed E-state index contributed by atoms with van der Waals surface area (Å²) < 4.78 is 62.8. The number of nitrogens with one attached hydrogen (secondary N) is 2. The first-order valence-electron chi connectivity index (χ1n) is 6.27. The van der Waals surface area contributed by atoms with Crippen LogP contribution < -0.4 is 10.6 Å². The van der Waals surface area contributed by atoms with Crippen molar-refractivity contribution in [1.29, 1.82) is 0 Å². The van der Waals surface area contributed by atoms with Gasteiger partial charge in [-0.15, -0.1) is 0 Å². The van der Waals surface area contributed by atoms with Gasteiger partial charge in [-0.3, -0.25) is 4.79 Å². The van der Waals surface area contributed by atoms with Crippen LogP contribution in [0.15, 0.2) is 18.2 Å². The SMILES string of the molecule is CCCNc1ccc(C(=O)NCC(F)F)cc1C(F)(F)F. The largest absolute Gasteiger partial charge is 0.418 e. The molecule has 21 heavy (non-hydrogen) atoms. The molecule has 0 atom stereocenters. The Kier molecular flexibility index (Phi) is 5.92. The molecular formula is C13H15F5N2O. The molecule has 0 fully saturated rings. The quantitative estimate of drug-likeness (QED) is 0.789. The molecule has 0 unspecified atom stereocenters. The molecule has 1 aromatic carbocycles. The second-order valence-corrected chi connectivity index (χ2v) is 4.29. The van der Waals surface area contributed by atoms with Gasteiger partial charge in [0, 0.05) is 17.8 Å². The predicted molar refractivity (Wildman–Crippen MR) is 68.6 cm³/mol. The monoisotopic (exact) mass is 310 g/mol. The van der Waals surface area contributed by atoms with E-state index in [4.69, 9.17) is 0 Å². The van der Waals surface area contributed by atoms with Gasteiger partial charge in [-0.05, 0) is 24.6 Å². The molecule has 0 aliphatic rings. The van der Waals surface area contributed by atoms with Crippen molar-refractivity contribution in [3.05, 3.63) is 29.3 Å².